The maximum atomic E-state index is 13.5. The third-order valence-electron chi connectivity index (χ3n) is 2.37. The normalized spacial score (nSPS) is 11.4. The van der Waals surface area contributed by atoms with E-state index in [4.69, 9.17) is 23.2 Å². The molecule has 0 radical (unpaired) electrons. The Hall–Kier alpha value is -0.800. The molecule has 0 unspecified atom stereocenters. The molecular formula is C12H14Cl2FNO. The molecule has 1 aromatic rings. The molecule has 0 saturated carbocycles. The largest absolute Gasteiger partial charge is 0.344 e. The van der Waals surface area contributed by atoms with E-state index in [1.807, 2.05) is 0 Å². The summed E-state index contributed by atoms with van der Waals surface area (Å²) in [6.45, 7) is 3.50. The zero-order chi connectivity index (χ0) is 13.1. The predicted octanol–water partition coefficient (Wildman–Crippen LogP) is 3.10. The molecule has 0 aliphatic heterocycles. The summed E-state index contributed by atoms with van der Waals surface area (Å²) in [6, 6.07) is 4.37. The molecule has 0 bridgehead atoms. The van der Waals surface area contributed by atoms with Crippen LogP contribution in [-0.4, -0.2) is 23.2 Å². The highest BCUT2D eigenvalue weighted by atomic mass is 35.5. The van der Waals surface area contributed by atoms with Gasteiger partial charge in [-0.05, 0) is 26.0 Å². The third-order valence-corrected chi connectivity index (χ3v) is 3.55. The first-order valence-electron chi connectivity index (χ1n) is 5.12. The molecule has 0 aromatic heterocycles. The molecule has 0 aliphatic rings. The Morgan fingerprint density at radius 2 is 2.00 bits per heavy atom. The molecular weight excluding hydrogens is 264 g/mol. The fraction of sp³-hybridized carbons (Fsp3) is 0.417. The maximum Gasteiger partial charge on any atom is 0.254 e. The molecule has 1 N–H and O–H groups in total. The summed E-state index contributed by atoms with van der Waals surface area (Å²) in [7, 11) is 0. The van der Waals surface area contributed by atoms with E-state index in [9.17, 15) is 9.18 Å². The van der Waals surface area contributed by atoms with Gasteiger partial charge < -0.3 is 5.32 Å². The number of amides is 1. The van der Waals surface area contributed by atoms with Crippen molar-refractivity contribution in [3.8, 4) is 0 Å². The van der Waals surface area contributed by atoms with Gasteiger partial charge in [0.1, 0.15) is 5.82 Å². The summed E-state index contributed by atoms with van der Waals surface area (Å²) in [5.74, 6) is -0.736. The van der Waals surface area contributed by atoms with Gasteiger partial charge in [0.25, 0.3) is 5.91 Å². The minimum Gasteiger partial charge on any atom is -0.344 e. The molecule has 0 aliphatic carbocycles. The van der Waals surface area contributed by atoms with E-state index in [-0.39, 0.29) is 17.3 Å². The molecule has 1 amide bonds. The van der Waals surface area contributed by atoms with Gasteiger partial charge in [-0.3, -0.25) is 4.79 Å². The minimum absolute atomic E-state index is 0.00598. The average molecular weight is 278 g/mol. The Bertz CT molecular complexity index is 419. The van der Waals surface area contributed by atoms with Crippen LogP contribution in [0.15, 0.2) is 18.2 Å². The van der Waals surface area contributed by atoms with Gasteiger partial charge in [-0.25, -0.2) is 4.39 Å². The molecule has 5 heteroatoms. The fourth-order valence-corrected chi connectivity index (χ4v) is 1.68. The number of benzene rings is 1. The highest BCUT2D eigenvalue weighted by molar-refractivity contribution is 6.22. The van der Waals surface area contributed by atoms with Crippen LogP contribution < -0.4 is 5.32 Å². The second-order valence-electron chi connectivity index (χ2n) is 4.27. The van der Waals surface area contributed by atoms with Gasteiger partial charge in [0.15, 0.2) is 0 Å². The van der Waals surface area contributed by atoms with Crippen molar-refractivity contribution in [2.75, 3.05) is 11.8 Å². The van der Waals surface area contributed by atoms with Crippen molar-refractivity contribution in [1.29, 1.82) is 0 Å². The van der Waals surface area contributed by atoms with Crippen molar-refractivity contribution in [1.82, 2.24) is 5.32 Å². The summed E-state index contributed by atoms with van der Waals surface area (Å²) in [6.07, 6.45) is 0. The van der Waals surface area contributed by atoms with E-state index in [0.717, 1.165) is 5.56 Å². The molecule has 94 valence electrons. The molecule has 0 spiro atoms. The number of nitrogens with one attached hydrogen (secondary N) is 1. The van der Waals surface area contributed by atoms with Gasteiger partial charge in [0.05, 0.1) is 11.1 Å². The number of alkyl halides is 2. The highest BCUT2D eigenvalue weighted by Gasteiger charge is 2.26. The van der Waals surface area contributed by atoms with E-state index >= 15 is 0 Å². The predicted molar refractivity (Wildman–Crippen MR) is 68.4 cm³/mol. The Balaban J connectivity index is 2.94. The highest BCUT2D eigenvalue weighted by Crippen LogP contribution is 2.14. The van der Waals surface area contributed by atoms with Crippen LogP contribution in [0.5, 0.6) is 0 Å². The smallest absolute Gasteiger partial charge is 0.254 e. The number of hydrogen-bond donors (Lipinski definition) is 1. The molecule has 2 nitrogen and oxygen atoms in total. The number of hydrogen-bond acceptors (Lipinski definition) is 1. The molecule has 0 atom stereocenters. The van der Waals surface area contributed by atoms with Gasteiger partial charge in [0.2, 0.25) is 0 Å². The van der Waals surface area contributed by atoms with Gasteiger partial charge >= 0.3 is 0 Å². The lowest BCUT2D eigenvalue weighted by molar-refractivity contribution is 0.0917. The van der Waals surface area contributed by atoms with Crippen LogP contribution in [0.1, 0.15) is 22.8 Å². The Labute approximate surface area is 110 Å². The minimum atomic E-state index is -0.740. The van der Waals surface area contributed by atoms with Crippen LogP contribution >= 0.6 is 23.2 Å². The monoisotopic (exact) mass is 277 g/mol. The summed E-state index contributed by atoms with van der Waals surface area (Å²) in [4.78, 5) is 11.9. The molecule has 0 saturated heterocycles. The number of carbonyl (C=O) groups is 1. The van der Waals surface area contributed by atoms with Crippen LogP contribution in [0.4, 0.5) is 4.39 Å². The Morgan fingerprint density at radius 1 is 1.41 bits per heavy atom. The van der Waals surface area contributed by atoms with Crippen LogP contribution in [0, 0.1) is 12.7 Å². The lowest BCUT2D eigenvalue weighted by atomic mass is 10.1. The molecule has 1 aromatic carbocycles. The van der Waals surface area contributed by atoms with Crippen LogP contribution in [0.25, 0.3) is 0 Å². The summed E-state index contributed by atoms with van der Waals surface area (Å²) < 4.78 is 13.5. The second-order valence-corrected chi connectivity index (χ2v) is 4.80. The first kappa shape index (κ1) is 14.3. The SMILES string of the molecule is Cc1ccc(F)c(C(=O)NC(C)(CCl)CCl)c1. The van der Waals surface area contributed by atoms with Crippen LogP contribution in [0.2, 0.25) is 0 Å². The topological polar surface area (TPSA) is 29.1 Å². The number of carbonyl (C=O) groups excluding carboxylic acids is 1. The third kappa shape index (κ3) is 3.58. The Morgan fingerprint density at radius 3 is 2.53 bits per heavy atom. The Kier molecular flexibility index (Phi) is 4.78. The van der Waals surface area contributed by atoms with E-state index in [0.29, 0.717) is 0 Å². The zero-order valence-corrected chi connectivity index (χ0v) is 11.2. The van der Waals surface area contributed by atoms with E-state index < -0.39 is 17.3 Å². The van der Waals surface area contributed by atoms with E-state index in [2.05, 4.69) is 5.32 Å². The molecule has 0 fully saturated rings. The quantitative estimate of drug-likeness (QED) is 0.842. The first-order chi connectivity index (χ1) is 7.91. The van der Waals surface area contributed by atoms with Crippen LogP contribution in [-0.2, 0) is 0 Å². The van der Waals surface area contributed by atoms with Crippen LogP contribution in [0.3, 0.4) is 0 Å². The van der Waals surface area contributed by atoms with Gasteiger partial charge in [-0.2, -0.15) is 0 Å². The molecule has 17 heavy (non-hydrogen) atoms. The fourth-order valence-electron chi connectivity index (χ4n) is 1.26. The number of aryl methyl sites for hydroxylation is 1. The van der Waals surface area contributed by atoms with Crippen molar-refractivity contribution >= 4 is 29.1 Å². The van der Waals surface area contributed by atoms with Crippen molar-refractivity contribution < 1.29 is 9.18 Å². The summed E-state index contributed by atoms with van der Waals surface area (Å²) >= 11 is 11.4. The van der Waals surface area contributed by atoms with Crippen molar-refractivity contribution in [3.05, 3.63) is 35.1 Å². The maximum absolute atomic E-state index is 13.5. The average Bonchev–Trinajstić information content (AvgIpc) is 2.32. The molecule has 0 heterocycles. The zero-order valence-electron chi connectivity index (χ0n) is 9.69. The van der Waals surface area contributed by atoms with Gasteiger partial charge in [-0.15, -0.1) is 23.2 Å². The van der Waals surface area contributed by atoms with Crippen molar-refractivity contribution in [3.63, 3.8) is 0 Å². The number of halogens is 3. The first-order valence-corrected chi connectivity index (χ1v) is 6.19. The van der Waals surface area contributed by atoms with E-state index in [1.54, 1.807) is 19.9 Å². The number of rotatable bonds is 4. The van der Waals surface area contributed by atoms with Gasteiger partial charge in [-0.1, -0.05) is 11.6 Å². The lowest BCUT2D eigenvalue weighted by Gasteiger charge is -2.26. The van der Waals surface area contributed by atoms with Gasteiger partial charge in [0, 0.05) is 11.8 Å². The lowest BCUT2D eigenvalue weighted by Crippen LogP contribution is -2.49. The summed E-state index contributed by atoms with van der Waals surface area (Å²) in [5.41, 5.74) is 0.0811. The standard InChI is InChI=1S/C12H14Cl2FNO/c1-8-3-4-10(15)9(5-8)11(17)16-12(2,6-13)7-14/h3-5H,6-7H2,1-2H3,(H,16,17). The summed E-state index contributed by atoms with van der Waals surface area (Å²) in [5, 5.41) is 2.63. The van der Waals surface area contributed by atoms with E-state index in [1.165, 1.54) is 12.1 Å². The second kappa shape index (κ2) is 5.69. The molecule has 1 rings (SSSR count). The van der Waals surface area contributed by atoms with Crippen molar-refractivity contribution in [2.45, 2.75) is 19.4 Å². The van der Waals surface area contributed by atoms with Crippen molar-refractivity contribution in [2.24, 2.45) is 0 Å².